The fraction of sp³-hybridized carbons (Fsp3) is 0.389. The summed E-state index contributed by atoms with van der Waals surface area (Å²) in [5.41, 5.74) is -1.87. The summed E-state index contributed by atoms with van der Waals surface area (Å²) in [5.74, 6) is -1.16. The summed E-state index contributed by atoms with van der Waals surface area (Å²) in [6.45, 7) is 2.83. The van der Waals surface area contributed by atoms with E-state index in [1.54, 1.807) is 16.2 Å². The van der Waals surface area contributed by atoms with Gasteiger partial charge in [-0.1, -0.05) is 6.07 Å². The van der Waals surface area contributed by atoms with Crippen LogP contribution in [0.15, 0.2) is 34.6 Å². The van der Waals surface area contributed by atoms with Crippen molar-refractivity contribution in [2.24, 2.45) is 0 Å². The first-order valence-corrected chi connectivity index (χ1v) is 9.76. The molecule has 0 N–H and O–H groups in total. The quantitative estimate of drug-likeness (QED) is 0.388. The van der Waals surface area contributed by atoms with Gasteiger partial charge < -0.3 is 9.64 Å². The van der Waals surface area contributed by atoms with E-state index in [4.69, 9.17) is 0 Å². The molecule has 2 aromatic heterocycles. The fourth-order valence-electron chi connectivity index (χ4n) is 3.12. The highest BCUT2D eigenvalue weighted by Crippen LogP contribution is 2.14. The number of methoxy groups -OCH3 is 1. The molecular weight excluding hydrogens is 400 g/mol. The lowest BCUT2D eigenvalue weighted by atomic mass is 10.2. The molecule has 154 valence electrons. The first-order chi connectivity index (χ1) is 13.9. The van der Waals surface area contributed by atoms with Gasteiger partial charge in [0.2, 0.25) is 5.91 Å². The number of carbonyl (C=O) groups excluding carboxylic acids is 2. The molecule has 1 aliphatic rings. The molecule has 1 aliphatic heterocycles. The van der Waals surface area contributed by atoms with E-state index in [9.17, 15) is 24.5 Å². The molecule has 1 amide bonds. The SMILES string of the molecule is COC(=O)c1cc([N+](=O)[O-])c(=O)n(CC(=O)N2CCN(Cc3cccs3)CC2)c1. The predicted octanol–water partition coefficient (Wildman–Crippen LogP) is 0.949. The largest absolute Gasteiger partial charge is 0.465 e. The van der Waals surface area contributed by atoms with Crippen molar-refractivity contribution in [3.8, 4) is 0 Å². The second-order valence-corrected chi connectivity index (χ2v) is 7.56. The molecule has 3 rings (SSSR count). The number of nitro groups is 1. The van der Waals surface area contributed by atoms with Crippen LogP contribution in [0.5, 0.6) is 0 Å². The number of pyridine rings is 1. The molecule has 11 heteroatoms. The Morgan fingerprint density at radius 3 is 2.59 bits per heavy atom. The number of hydrogen-bond acceptors (Lipinski definition) is 8. The lowest BCUT2D eigenvalue weighted by molar-refractivity contribution is -0.386. The number of thiophene rings is 1. The van der Waals surface area contributed by atoms with E-state index in [-0.39, 0.29) is 18.0 Å². The zero-order chi connectivity index (χ0) is 21.0. The first kappa shape index (κ1) is 20.7. The maximum absolute atomic E-state index is 12.6. The molecule has 0 bridgehead atoms. The van der Waals surface area contributed by atoms with Crippen LogP contribution in [0.3, 0.4) is 0 Å². The Morgan fingerprint density at radius 1 is 1.28 bits per heavy atom. The van der Waals surface area contributed by atoms with Crippen LogP contribution in [-0.4, -0.2) is 64.5 Å². The summed E-state index contributed by atoms with van der Waals surface area (Å²) in [4.78, 5) is 52.1. The minimum absolute atomic E-state index is 0.160. The van der Waals surface area contributed by atoms with Crippen molar-refractivity contribution >= 4 is 28.9 Å². The molecule has 1 saturated heterocycles. The lowest BCUT2D eigenvalue weighted by Gasteiger charge is -2.34. The summed E-state index contributed by atoms with van der Waals surface area (Å²) in [5, 5.41) is 13.2. The van der Waals surface area contributed by atoms with Crippen LogP contribution in [0.4, 0.5) is 5.69 Å². The number of nitrogens with zero attached hydrogens (tertiary/aromatic N) is 4. The Kier molecular flexibility index (Phi) is 6.39. The van der Waals surface area contributed by atoms with Crippen LogP contribution in [-0.2, 0) is 22.6 Å². The molecule has 0 unspecified atom stereocenters. The Balaban J connectivity index is 1.69. The van der Waals surface area contributed by atoms with Crippen LogP contribution in [0.1, 0.15) is 15.2 Å². The van der Waals surface area contributed by atoms with Crippen molar-refractivity contribution < 1.29 is 19.2 Å². The van der Waals surface area contributed by atoms with Crippen molar-refractivity contribution in [2.75, 3.05) is 33.3 Å². The van der Waals surface area contributed by atoms with Crippen molar-refractivity contribution in [2.45, 2.75) is 13.1 Å². The summed E-state index contributed by atoms with van der Waals surface area (Å²) in [6.07, 6.45) is 1.12. The highest BCUT2D eigenvalue weighted by Gasteiger charge is 2.25. The minimum atomic E-state index is -0.938. The third kappa shape index (κ3) is 4.87. The van der Waals surface area contributed by atoms with Crippen molar-refractivity contribution in [1.29, 1.82) is 0 Å². The molecule has 0 radical (unpaired) electrons. The lowest BCUT2D eigenvalue weighted by Crippen LogP contribution is -2.49. The molecule has 2 aromatic rings. The van der Waals surface area contributed by atoms with E-state index in [2.05, 4.69) is 15.7 Å². The van der Waals surface area contributed by atoms with Gasteiger partial charge in [0, 0.05) is 49.9 Å². The van der Waals surface area contributed by atoms with Gasteiger partial charge in [-0.25, -0.2) is 4.79 Å². The summed E-state index contributed by atoms with van der Waals surface area (Å²) < 4.78 is 5.46. The monoisotopic (exact) mass is 420 g/mol. The van der Waals surface area contributed by atoms with Gasteiger partial charge in [-0.3, -0.25) is 29.2 Å². The van der Waals surface area contributed by atoms with Gasteiger partial charge in [-0.15, -0.1) is 11.3 Å². The van der Waals surface area contributed by atoms with Crippen LogP contribution in [0.25, 0.3) is 0 Å². The van der Waals surface area contributed by atoms with Gasteiger partial charge >= 0.3 is 17.2 Å². The molecule has 3 heterocycles. The standard InChI is InChI=1S/C18H20N4O6S/c1-28-18(25)13-9-15(22(26)27)17(24)21(10-13)12-16(23)20-6-4-19(5-7-20)11-14-3-2-8-29-14/h2-3,8-10H,4-7,11-12H2,1H3. The maximum Gasteiger partial charge on any atom is 0.339 e. The number of carbonyl (C=O) groups is 2. The number of piperazine rings is 1. The number of aromatic nitrogens is 1. The molecule has 10 nitrogen and oxygen atoms in total. The van der Waals surface area contributed by atoms with Crippen LogP contribution < -0.4 is 5.56 Å². The highest BCUT2D eigenvalue weighted by atomic mass is 32.1. The van der Waals surface area contributed by atoms with Crippen LogP contribution in [0.2, 0.25) is 0 Å². The Bertz CT molecular complexity index is 963. The number of amides is 1. The molecule has 0 atom stereocenters. The van der Waals surface area contributed by atoms with Crippen molar-refractivity contribution in [3.63, 3.8) is 0 Å². The predicted molar refractivity (Wildman–Crippen MR) is 105 cm³/mol. The summed E-state index contributed by atoms with van der Waals surface area (Å²) >= 11 is 1.68. The van der Waals surface area contributed by atoms with Crippen LogP contribution in [0, 0.1) is 10.1 Å². The summed E-state index contributed by atoms with van der Waals surface area (Å²) in [7, 11) is 1.13. The molecule has 29 heavy (non-hydrogen) atoms. The molecule has 0 aliphatic carbocycles. The van der Waals surface area contributed by atoms with Crippen LogP contribution >= 0.6 is 11.3 Å². The third-order valence-corrected chi connectivity index (χ3v) is 5.54. The molecule has 0 saturated carbocycles. The highest BCUT2D eigenvalue weighted by molar-refractivity contribution is 7.09. The Hall–Kier alpha value is -3.05. The normalized spacial score (nSPS) is 14.6. The van der Waals surface area contributed by atoms with Gasteiger partial charge in [0.05, 0.1) is 17.6 Å². The van der Waals surface area contributed by atoms with Gasteiger partial charge in [-0.2, -0.15) is 0 Å². The van der Waals surface area contributed by atoms with Gasteiger partial charge in [-0.05, 0) is 11.4 Å². The third-order valence-electron chi connectivity index (χ3n) is 4.68. The molecular formula is C18H20N4O6S. The maximum atomic E-state index is 12.6. The van der Waals surface area contributed by atoms with Gasteiger partial charge in [0.25, 0.3) is 0 Å². The zero-order valence-corrected chi connectivity index (χ0v) is 16.6. The van der Waals surface area contributed by atoms with E-state index in [0.29, 0.717) is 26.2 Å². The number of ether oxygens (including phenoxy) is 1. The summed E-state index contributed by atoms with van der Waals surface area (Å²) in [6, 6.07) is 4.92. The minimum Gasteiger partial charge on any atom is -0.465 e. The zero-order valence-electron chi connectivity index (χ0n) is 15.8. The molecule has 1 fully saturated rings. The van der Waals surface area contributed by atoms with E-state index >= 15 is 0 Å². The second-order valence-electron chi connectivity index (χ2n) is 6.53. The first-order valence-electron chi connectivity index (χ1n) is 8.88. The second kappa shape index (κ2) is 8.97. The number of esters is 1. The Morgan fingerprint density at radius 2 is 2.00 bits per heavy atom. The van der Waals surface area contributed by atoms with E-state index in [0.717, 1.165) is 30.5 Å². The average Bonchev–Trinajstić information content (AvgIpc) is 3.22. The topological polar surface area (TPSA) is 115 Å². The fourth-order valence-corrected chi connectivity index (χ4v) is 3.87. The van der Waals surface area contributed by atoms with Gasteiger partial charge in [0.15, 0.2) is 0 Å². The number of hydrogen-bond donors (Lipinski definition) is 0. The van der Waals surface area contributed by atoms with Crippen molar-refractivity contribution in [1.82, 2.24) is 14.4 Å². The average molecular weight is 420 g/mol. The van der Waals surface area contributed by atoms with E-state index in [1.165, 1.54) is 4.88 Å². The van der Waals surface area contributed by atoms with Gasteiger partial charge in [0.1, 0.15) is 6.54 Å². The van der Waals surface area contributed by atoms with Crippen molar-refractivity contribution in [3.05, 3.63) is 60.7 Å². The smallest absolute Gasteiger partial charge is 0.339 e. The number of rotatable bonds is 6. The van der Waals surface area contributed by atoms with E-state index in [1.807, 2.05) is 11.4 Å². The molecule has 0 aromatic carbocycles. The van der Waals surface area contributed by atoms with E-state index < -0.39 is 22.1 Å². The molecule has 0 spiro atoms. The Labute approximate surface area is 170 Å².